The molecule has 1 saturated heterocycles. The number of para-hydroxylation sites is 1. The summed E-state index contributed by atoms with van der Waals surface area (Å²) in [5.41, 5.74) is 14.1. The molecule has 30 heavy (non-hydrogen) atoms. The van der Waals surface area contributed by atoms with Crippen molar-refractivity contribution in [3.8, 4) is 22.5 Å². The molecule has 5 rings (SSSR count). The fraction of sp³-hybridized carbons (Fsp3) is 0.269. The van der Waals surface area contributed by atoms with E-state index in [1.807, 2.05) is 0 Å². The summed E-state index contributed by atoms with van der Waals surface area (Å²) in [6, 6.07) is 24.3. The van der Waals surface area contributed by atoms with E-state index in [9.17, 15) is 0 Å². The van der Waals surface area contributed by atoms with Crippen molar-refractivity contribution >= 4 is 11.0 Å². The smallest absolute Gasteiger partial charge is 0.138 e. The highest BCUT2D eigenvalue weighted by molar-refractivity contribution is 5.83. The molecule has 1 atom stereocenters. The van der Waals surface area contributed by atoms with Crippen molar-refractivity contribution < 1.29 is 0 Å². The first kappa shape index (κ1) is 19.0. The minimum Gasteiger partial charge on any atom is -0.338 e. The second-order valence-corrected chi connectivity index (χ2v) is 8.34. The van der Waals surface area contributed by atoms with Crippen molar-refractivity contribution in [1.29, 1.82) is 0 Å². The van der Waals surface area contributed by atoms with Gasteiger partial charge in [-0.05, 0) is 60.7 Å². The lowest BCUT2D eigenvalue weighted by Crippen LogP contribution is -2.34. The van der Waals surface area contributed by atoms with Gasteiger partial charge in [0.2, 0.25) is 0 Å². The van der Waals surface area contributed by atoms with Gasteiger partial charge in [0.1, 0.15) is 5.82 Å². The van der Waals surface area contributed by atoms with E-state index >= 15 is 0 Å². The summed E-state index contributed by atoms with van der Waals surface area (Å²) in [5, 5.41) is 0. The van der Waals surface area contributed by atoms with Crippen LogP contribution in [0.25, 0.3) is 33.5 Å². The number of nitrogens with zero attached hydrogens (tertiary/aromatic N) is 2. The third kappa shape index (κ3) is 3.64. The van der Waals surface area contributed by atoms with Crippen LogP contribution < -0.4 is 5.73 Å². The van der Waals surface area contributed by atoms with Gasteiger partial charge in [0.25, 0.3) is 0 Å². The van der Waals surface area contributed by atoms with Gasteiger partial charge in [-0.1, -0.05) is 54.6 Å². The number of hydrogen-bond acceptors (Lipinski definition) is 3. The minimum atomic E-state index is 0.536. The summed E-state index contributed by atoms with van der Waals surface area (Å²) in [5.74, 6) is 0.916. The van der Waals surface area contributed by atoms with Gasteiger partial charge in [-0.25, -0.2) is 4.98 Å². The first-order valence-electron chi connectivity index (χ1n) is 10.8. The van der Waals surface area contributed by atoms with Crippen molar-refractivity contribution in [3.05, 3.63) is 77.9 Å². The number of hydrogen-bond donors (Lipinski definition) is 2. The number of likely N-dealkylation sites (tertiary alicyclic amines) is 1. The number of benzene rings is 3. The van der Waals surface area contributed by atoms with Crippen LogP contribution in [0.5, 0.6) is 0 Å². The lowest BCUT2D eigenvalue weighted by atomic mass is 10.0. The summed E-state index contributed by atoms with van der Waals surface area (Å²) in [7, 11) is 0. The molecule has 4 aromatic rings. The Kier molecular flexibility index (Phi) is 5.11. The lowest BCUT2D eigenvalue weighted by molar-refractivity contribution is 0.250. The van der Waals surface area contributed by atoms with Crippen LogP contribution in [0, 0.1) is 6.92 Å². The maximum absolute atomic E-state index is 5.92. The summed E-state index contributed by atoms with van der Waals surface area (Å²) in [4.78, 5) is 10.8. The Hall–Kier alpha value is -2.95. The Balaban J connectivity index is 1.39. The summed E-state index contributed by atoms with van der Waals surface area (Å²) >= 11 is 0. The Morgan fingerprint density at radius 1 is 1.00 bits per heavy atom. The van der Waals surface area contributed by atoms with Gasteiger partial charge in [-0.3, -0.25) is 4.90 Å². The van der Waals surface area contributed by atoms with E-state index in [2.05, 4.69) is 83.5 Å². The summed E-state index contributed by atoms with van der Waals surface area (Å²) < 4.78 is 0. The van der Waals surface area contributed by atoms with Crippen molar-refractivity contribution in [1.82, 2.24) is 14.9 Å². The molecule has 0 amide bonds. The van der Waals surface area contributed by atoms with E-state index in [4.69, 9.17) is 10.7 Å². The second kappa shape index (κ2) is 8.05. The van der Waals surface area contributed by atoms with Crippen LogP contribution in [-0.2, 0) is 6.54 Å². The van der Waals surface area contributed by atoms with Crippen LogP contribution >= 0.6 is 0 Å². The average Bonchev–Trinajstić information content (AvgIpc) is 3.42. The fourth-order valence-corrected chi connectivity index (χ4v) is 4.57. The highest BCUT2D eigenvalue weighted by Gasteiger charge is 2.22. The Morgan fingerprint density at radius 3 is 2.60 bits per heavy atom. The molecule has 1 aliphatic rings. The van der Waals surface area contributed by atoms with Gasteiger partial charge >= 0.3 is 0 Å². The van der Waals surface area contributed by atoms with E-state index < -0.39 is 0 Å². The van der Waals surface area contributed by atoms with E-state index in [0.717, 1.165) is 42.1 Å². The summed E-state index contributed by atoms with van der Waals surface area (Å²) in [6.45, 7) is 5.00. The number of nitrogens with two attached hydrogens (primary N) is 1. The van der Waals surface area contributed by atoms with Gasteiger partial charge in [0.05, 0.1) is 11.0 Å². The standard InChI is InChI=1S/C26H28N4/c1-18-5-2-9-24-25(18)29-26(28-24)22-7-3-6-21(15-22)20-12-10-19(11-13-20)17-30-14-4-8-23(30)16-27/h2-3,5-7,9-13,15,23H,4,8,14,16-17,27H2,1H3,(H,28,29). The molecule has 0 aliphatic carbocycles. The number of fused-ring (bicyclic) bond motifs is 1. The molecule has 0 bridgehead atoms. The maximum atomic E-state index is 5.92. The van der Waals surface area contributed by atoms with Crippen LogP contribution in [0.15, 0.2) is 66.7 Å². The minimum absolute atomic E-state index is 0.536. The molecule has 1 aliphatic heterocycles. The van der Waals surface area contributed by atoms with E-state index in [1.54, 1.807) is 0 Å². The molecule has 2 heterocycles. The predicted molar refractivity (Wildman–Crippen MR) is 124 cm³/mol. The van der Waals surface area contributed by atoms with Crippen LogP contribution in [0.4, 0.5) is 0 Å². The highest BCUT2D eigenvalue weighted by atomic mass is 15.2. The van der Waals surface area contributed by atoms with Gasteiger partial charge in [-0.2, -0.15) is 0 Å². The van der Waals surface area contributed by atoms with Crippen molar-refractivity contribution in [3.63, 3.8) is 0 Å². The Labute approximate surface area is 177 Å². The lowest BCUT2D eigenvalue weighted by Gasteiger charge is -2.23. The number of nitrogens with one attached hydrogen (secondary N) is 1. The van der Waals surface area contributed by atoms with Crippen LogP contribution in [0.1, 0.15) is 24.0 Å². The van der Waals surface area contributed by atoms with Crippen molar-refractivity contribution in [2.24, 2.45) is 5.73 Å². The number of imidazole rings is 1. The van der Waals surface area contributed by atoms with Crippen molar-refractivity contribution in [2.45, 2.75) is 32.4 Å². The van der Waals surface area contributed by atoms with Gasteiger partial charge in [-0.15, -0.1) is 0 Å². The zero-order chi connectivity index (χ0) is 20.5. The molecule has 1 aromatic heterocycles. The number of aromatic amines is 1. The maximum Gasteiger partial charge on any atom is 0.138 e. The first-order chi connectivity index (χ1) is 14.7. The zero-order valence-corrected chi connectivity index (χ0v) is 17.4. The molecule has 4 nitrogen and oxygen atoms in total. The number of aromatic nitrogens is 2. The quantitative estimate of drug-likeness (QED) is 0.492. The topological polar surface area (TPSA) is 57.9 Å². The third-order valence-corrected chi connectivity index (χ3v) is 6.29. The Bertz CT molecular complexity index is 1160. The molecule has 152 valence electrons. The monoisotopic (exact) mass is 396 g/mol. The SMILES string of the molecule is Cc1cccc2[nH]c(-c3cccc(-c4ccc(CN5CCCC5CN)cc4)c3)nc12. The van der Waals surface area contributed by atoms with E-state index in [0.29, 0.717) is 6.04 Å². The van der Waals surface area contributed by atoms with Crippen molar-refractivity contribution in [2.75, 3.05) is 13.1 Å². The third-order valence-electron chi connectivity index (χ3n) is 6.29. The molecule has 0 radical (unpaired) electrons. The van der Waals surface area contributed by atoms with Gasteiger partial charge in [0.15, 0.2) is 0 Å². The fourth-order valence-electron chi connectivity index (χ4n) is 4.57. The summed E-state index contributed by atoms with van der Waals surface area (Å²) in [6.07, 6.45) is 2.48. The Morgan fingerprint density at radius 2 is 1.80 bits per heavy atom. The highest BCUT2D eigenvalue weighted by Crippen LogP contribution is 2.28. The van der Waals surface area contributed by atoms with Crippen LogP contribution in [0.3, 0.4) is 0 Å². The molecule has 0 saturated carbocycles. The largest absolute Gasteiger partial charge is 0.338 e. The first-order valence-corrected chi connectivity index (χ1v) is 10.8. The second-order valence-electron chi connectivity index (χ2n) is 8.34. The van der Waals surface area contributed by atoms with E-state index in [1.165, 1.54) is 35.1 Å². The predicted octanol–water partition coefficient (Wildman–Crippen LogP) is 5.13. The molecule has 0 spiro atoms. The van der Waals surface area contributed by atoms with Gasteiger partial charge in [0, 0.05) is 24.7 Å². The molecule has 3 N–H and O–H groups in total. The molecular weight excluding hydrogens is 368 g/mol. The average molecular weight is 397 g/mol. The zero-order valence-electron chi connectivity index (χ0n) is 17.4. The van der Waals surface area contributed by atoms with E-state index in [-0.39, 0.29) is 0 Å². The number of rotatable bonds is 5. The number of H-pyrrole nitrogens is 1. The molecule has 1 fully saturated rings. The normalized spacial score (nSPS) is 17.1. The van der Waals surface area contributed by atoms with Crippen LogP contribution in [0.2, 0.25) is 0 Å². The van der Waals surface area contributed by atoms with Crippen LogP contribution in [-0.4, -0.2) is 34.0 Å². The molecule has 1 unspecified atom stereocenters. The molecule has 3 aromatic carbocycles. The number of aryl methyl sites for hydroxylation is 1. The molecule has 4 heteroatoms. The molecular formula is C26H28N4. The van der Waals surface area contributed by atoms with Gasteiger partial charge < -0.3 is 10.7 Å².